The summed E-state index contributed by atoms with van der Waals surface area (Å²) in [5.74, 6) is 1.12. The van der Waals surface area contributed by atoms with Gasteiger partial charge in [-0.1, -0.05) is 0 Å². The summed E-state index contributed by atoms with van der Waals surface area (Å²) in [6.45, 7) is 0.751. The van der Waals surface area contributed by atoms with Gasteiger partial charge in [0.05, 0.1) is 17.9 Å². The Kier molecular flexibility index (Phi) is 2.71. The van der Waals surface area contributed by atoms with Crippen molar-refractivity contribution >= 4 is 16.9 Å². The predicted molar refractivity (Wildman–Crippen MR) is 80.5 cm³/mol. The molecular formula is C15H17N5O. The fourth-order valence-electron chi connectivity index (χ4n) is 3.14. The third kappa shape index (κ3) is 1.83. The molecule has 4 rings (SSSR count). The molecule has 1 aliphatic rings. The van der Waals surface area contributed by atoms with Crippen molar-refractivity contribution in [2.75, 3.05) is 12.3 Å². The zero-order valence-electron chi connectivity index (χ0n) is 11.6. The van der Waals surface area contributed by atoms with Gasteiger partial charge in [-0.2, -0.15) is 0 Å². The van der Waals surface area contributed by atoms with Gasteiger partial charge in [0.25, 0.3) is 0 Å². The van der Waals surface area contributed by atoms with E-state index in [4.69, 9.17) is 15.9 Å². The van der Waals surface area contributed by atoms with Crippen molar-refractivity contribution < 1.29 is 4.42 Å². The number of furan rings is 1. The van der Waals surface area contributed by atoms with E-state index in [0.717, 1.165) is 41.5 Å². The maximum absolute atomic E-state index is 6.07. The van der Waals surface area contributed by atoms with Gasteiger partial charge in [-0.25, -0.2) is 9.97 Å². The molecule has 4 N–H and O–H groups in total. The summed E-state index contributed by atoms with van der Waals surface area (Å²) in [5, 5.41) is 0.898. The monoisotopic (exact) mass is 283 g/mol. The normalized spacial score (nSPS) is 21.6. The topological polar surface area (TPSA) is 95.9 Å². The SMILES string of the molecule is NCC1CC(n2cc(-c3ccoc3)c3c(N)ncnc32)C1. The first-order valence-corrected chi connectivity index (χ1v) is 7.11. The molecule has 3 aromatic heterocycles. The fourth-order valence-corrected chi connectivity index (χ4v) is 3.14. The minimum Gasteiger partial charge on any atom is -0.472 e. The van der Waals surface area contributed by atoms with Crippen LogP contribution in [-0.2, 0) is 0 Å². The van der Waals surface area contributed by atoms with Crippen LogP contribution in [0.2, 0.25) is 0 Å². The third-order valence-electron chi connectivity index (χ3n) is 4.41. The van der Waals surface area contributed by atoms with Crippen molar-refractivity contribution in [3.8, 4) is 11.1 Å². The van der Waals surface area contributed by atoms with Crippen molar-refractivity contribution in [1.29, 1.82) is 0 Å². The van der Waals surface area contributed by atoms with Crippen molar-refractivity contribution in [2.45, 2.75) is 18.9 Å². The Balaban J connectivity index is 1.87. The lowest BCUT2D eigenvalue weighted by Gasteiger charge is -2.35. The minimum absolute atomic E-state index is 0.441. The van der Waals surface area contributed by atoms with Crippen LogP contribution in [0.4, 0.5) is 5.82 Å². The first kappa shape index (κ1) is 12.4. The highest BCUT2D eigenvalue weighted by atomic mass is 16.3. The highest BCUT2D eigenvalue weighted by molar-refractivity contribution is 6.00. The maximum Gasteiger partial charge on any atom is 0.146 e. The van der Waals surface area contributed by atoms with Gasteiger partial charge in [-0.05, 0) is 31.4 Å². The second-order valence-electron chi connectivity index (χ2n) is 5.65. The van der Waals surface area contributed by atoms with Crippen LogP contribution in [0.1, 0.15) is 18.9 Å². The summed E-state index contributed by atoms with van der Waals surface area (Å²) in [7, 11) is 0. The van der Waals surface area contributed by atoms with Gasteiger partial charge >= 0.3 is 0 Å². The lowest BCUT2D eigenvalue weighted by atomic mass is 9.80. The molecule has 21 heavy (non-hydrogen) atoms. The zero-order chi connectivity index (χ0) is 14.4. The molecule has 108 valence electrons. The fraction of sp³-hybridized carbons (Fsp3) is 0.333. The van der Waals surface area contributed by atoms with Crippen molar-refractivity contribution in [3.05, 3.63) is 31.1 Å². The Bertz CT molecular complexity index is 771. The molecule has 0 aromatic carbocycles. The number of hydrogen-bond acceptors (Lipinski definition) is 5. The highest BCUT2D eigenvalue weighted by Crippen LogP contribution is 2.42. The number of nitrogens with two attached hydrogens (primary N) is 2. The van der Waals surface area contributed by atoms with Crippen LogP contribution in [0.5, 0.6) is 0 Å². The highest BCUT2D eigenvalue weighted by Gasteiger charge is 2.31. The van der Waals surface area contributed by atoms with E-state index in [1.165, 1.54) is 6.33 Å². The van der Waals surface area contributed by atoms with Crippen LogP contribution in [0.3, 0.4) is 0 Å². The number of nitrogen functional groups attached to an aromatic ring is 1. The van der Waals surface area contributed by atoms with Gasteiger partial charge in [0.1, 0.15) is 17.8 Å². The van der Waals surface area contributed by atoms with Crippen LogP contribution < -0.4 is 11.5 Å². The molecule has 0 unspecified atom stereocenters. The van der Waals surface area contributed by atoms with E-state index >= 15 is 0 Å². The van der Waals surface area contributed by atoms with Crippen LogP contribution in [0, 0.1) is 5.92 Å². The molecule has 1 aliphatic carbocycles. The molecule has 6 nitrogen and oxygen atoms in total. The quantitative estimate of drug-likeness (QED) is 0.768. The number of hydrogen-bond donors (Lipinski definition) is 2. The second kappa shape index (κ2) is 4.60. The van der Waals surface area contributed by atoms with E-state index in [1.54, 1.807) is 12.5 Å². The molecule has 0 spiro atoms. The second-order valence-corrected chi connectivity index (χ2v) is 5.65. The van der Waals surface area contributed by atoms with Crippen LogP contribution in [0.25, 0.3) is 22.2 Å². The number of nitrogens with zero attached hydrogens (tertiary/aromatic N) is 3. The van der Waals surface area contributed by atoms with Gasteiger partial charge in [0.15, 0.2) is 0 Å². The molecule has 0 radical (unpaired) electrons. The largest absolute Gasteiger partial charge is 0.472 e. The molecule has 0 amide bonds. The van der Waals surface area contributed by atoms with Crippen molar-refractivity contribution in [3.63, 3.8) is 0 Å². The Morgan fingerprint density at radius 3 is 2.90 bits per heavy atom. The summed E-state index contributed by atoms with van der Waals surface area (Å²) < 4.78 is 7.40. The maximum atomic E-state index is 6.07. The molecule has 1 saturated carbocycles. The number of aromatic nitrogens is 3. The summed E-state index contributed by atoms with van der Waals surface area (Å²) >= 11 is 0. The van der Waals surface area contributed by atoms with Crippen molar-refractivity contribution in [2.24, 2.45) is 11.7 Å². The predicted octanol–water partition coefficient (Wildman–Crippen LogP) is 2.18. The van der Waals surface area contributed by atoms with Gasteiger partial charge in [-0.3, -0.25) is 0 Å². The Hall–Kier alpha value is -2.34. The first-order chi connectivity index (χ1) is 10.3. The average Bonchev–Trinajstić information content (AvgIpc) is 3.06. The van der Waals surface area contributed by atoms with E-state index in [-0.39, 0.29) is 0 Å². The smallest absolute Gasteiger partial charge is 0.146 e. The van der Waals surface area contributed by atoms with E-state index in [1.807, 2.05) is 6.07 Å². The van der Waals surface area contributed by atoms with Crippen molar-refractivity contribution in [1.82, 2.24) is 14.5 Å². The zero-order valence-corrected chi connectivity index (χ0v) is 11.6. The van der Waals surface area contributed by atoms with Crippen LogP contribution in [0.15, 0.2) is 35.5 Å². The number of fused-ring (bicyclic) bond motifs is 1. The van der Waals surface area contributed by atoms with Gasteiger partial charge < -0.3 is 20.5 Å². The lowest BCUT2D eigenvalue weighted by molar-refractivity contribution is 0.209. The lowest BCUT2D eigenvalue weighted by Crippen LogP contribution is -2.31. The Morgan fingerprint density at radius 2 is 2.19 bits per heavy atom. The van der Waals surface area contributed by atoms with Crippen LogP contribution >= 0.6 is 0 Å². The van der Waals surface area contributed by atoms with Crippen LogP contribution in [-0.4, -0.2) is 21.1 Å². The molecule has 0 atom stereocenters. The molecule has 6 heteroatoms. The summed E-state index contributed by atoms with van der Waals surface area (Å²) in [5.41, 5.74) is 14.7. The third-order valence-corrected chi connectivity index (χ3v) is 4.41. The molecule has 0 aliphatic heterocycles. The van der Waals surface area contributed by atoms with Gasteiger partial charge in [-0.15, -0.1) is 0 Å². The van der Waals surface area contributed by atoms with Gasteiger partial charge in [0, 0.05) is 23.4 Å². The average molecular weight is 283 g/mol. The van der Waals surface area contributed by atoms with E-state index in [2.05, 4.69) is 20.7 Å². The van der Waals surface area contributed by atoms with E-state index in [0.29, 0.717) is 17.8 Å². The molecule has 3 aromatic rings. The first-order valence-electron chi connectivity index (χ1n) is 7.11. The van der Waals surface area contributed by atoms with E-state index in [9.17, 15) is 0 Å². The Labute approximate surface area is 121 Å². The van der Waals surface area contributed by atoms with E-state index < -0.39 is 0 Å². The number of rotatable bonds is 3. The number of anilines is 1. The molecule has 1 fully saturated rings. The Morgan fingerprint density at radius 1 is 1.33 bits per heavy atom. The molecule has 3 heterocycles. The summed E-state index contributed by atoms with van der Waals surface area (Å²) in [6.07, 6.45) is 9.19. The molecule has 0 saturated heterocycles. The van der Waals surface area contributed by atoms with Gasteiger partial charge in [0.2, 0.25) is 0 Å². The summed E-state index contributed by atoms with van der Waals surface area (Å²) in [4.78, 5) is 8.56. The molecule has 0 bridgehead atoms. The molecular weight excluding hydrogens is 266 g/mol. The summed E-state index contributed by atoms with van der Waals surface area (Å²) in [6, 6.07) is 2.37. The standard InChI is InChI=1S/C15H17N5O/c16-5-9-3-11(4-9)20-6-12(10-1-2-21-7-10)13-14(17)18-8-19-15(13)20/h1-2,6-9,11H,3-5,16H2,(H2,17,18,19). The minimum atomic E-state index is 0.441.